The number of pyridine rings is 1. The molecule has 1 fully saturated rings. The van der Waals surface area contributed by atoms with E-state index in [1.165, 1.54) is 35.2 Å². The molecule has 2 aliphatic heterocycles. The molecule has 16 nitrogen and oxygen atoms in total. The fourth-order valence-corrected chi connectivity index (χ4v) is 6.42. The minimum Gasteiger partial charge on any atom is -0.481 e. The van der Waals surface area contributed by atoms with Gasteiger partial charge >= 0.3 is 11.9 Å². The average Bonchev–Trinajstić information content (AvgIpc) is 3.85. The molecule has 264 valence electrons. The topological polar surface area (TPSA) is 189 Å². The van der Waals surface area contributed by atoms with Crippen LogP contribution in [0.15, 0.2) is 42.7 Å². The maximum absolute atomic E-state index is 13.0. The highest BCUT2D eigenvalue weighted by molar-refractivity contribution is 6.34. The van der Waals surface area contributed by atoms with Gasteiger partial charge in [-0.25, -0.2) is 9.78 Å². The molecule has 0 saturated carbocycles. The highest BCUT2D eigenvalue weighted by atomic mass is 35.5. The number of hydrogen-bond acceptors (Lipinski definition) is 12. The lowest BCUT2D eigenvalue weighted by atomic mass is 10.0. The number of rotatable bonds is 13. The average molecular weight is 729 g/mol. The van der Waals surface area contributed by atoms with Crippen molar-refractivity contribution in [1.29, 1.82) is 0 Å². The molecule has 2 aliphatic rings. The van der Waals surface area contributed by atoms with Gasteiger partial charge in [-0.15, -0.1) is 10.2 Å². The number of carbonyl (C=O) groups is 3. The summed E-state index contributed by atoms with van der Waals surface area (Å²) in [7, 11) is 1.29. The van der Waals surface area contributed by atoms with E-state index in [0.29, 0.717) is 48.1 Å². The van der Waals surface area contributed by atoms with Gasteiger partial charge in [0.1, 0.15) is 5.82 Å². The van der Waals surface area contributed by atoms with Crippen molar-refractivity contribution in [1.82, 2.24) is 40.3 Å². The molecule has 0 spiro atoms. The molecular weight excluding hydrogens is 693 g/mol. The molecule has 5 heterocycles. The van der Waals surface area contributed by atoms with Gasteiger partial charge in [0.05, 0.1) is 51.7 Å². The number of fused-ring (bicyclic) bond motifs is 1. The lowest BCUT2D eigenvalue weighted by Gasteiger charge is -2.35. The van der Waals surface area contributed by atoms with Crippen molar-refractivity contribution in [3.63, 3.8) is 0 Å². The first-order chi connectivity index (χ1) is 24.0. The van der Waals surface area contributed by atoms with Crippen molar-refractivity contribution >= 4 is 46.9 Å². The number of aromatic nitrogens is 7. The van der Waals surface area contributed by atoms with Gasteiger partial charge in [-0.3, -0.25) is 9.59 Å². The van der Waals surface area contributed by atoms with Crippen LogP contribution in [0, 0.1) is 0 Å². The molecule has 1 amide bonds. The van der Waals surface area contributed by atoms with Crippen LogP contribution in [0.1, 0.15) is 70.0 Å². The Morgan fingerprint density at radius 3 is 2.54 bits per heavy atom. The molecule has 0 aliphatic carbocycles. The Morgan fingerprint density at radius 2 is 1.80 bits per heavy atom. The number of carboxylic acid groups (broad SMARTS) is 1. The number of nitrogens with one attached hydrogen (secondary N) is 1. The second-order valence-corrected chi connectivity index (χ2v) is 12.9. The number of methoxy groups -OCH3 is 1. The van der Waals surface area contributed by atoms with Gasteiger partial charge in [0.25, 0.3) is 5.91 Å². The number of nitrogens with zero attached hydrogens (tertiary/aromatic N) is 8. The first kappa shape index (κ1) is 35.2. The van der Waals surface area contributed by atoms with E-state index < -0.39 is 29.7 Å². The summed E-state index contributed by atoms with van der Waals surface area (Å²) in [6, 6.07) is 7.79. The molecule has 3 aromatic heterocycles. The third-order valence-corrected chi connectivity index (χ3v) is 8.84. The zero-order valence-electron chi connectivity index (χ0n) is 27.3. The van der Waals surface area contributed by atoms with Crippen molar-refractivity contribution in [3.05, 3.63) is 81.0 Å². The van der Waals surface area contributed by atoms with Crippen LogP contribution in [0.25, 0.3) is 0 Å². The number of esters is 1. The minimum absolute atomic E-state index is 0.0340. The second kappa shape index (κ2) is 15.1. The molecule has 1 aromatic carbocycles. The monoisotopic (exact) mass is 727 g/mol. The number of anilines is 1. The van der Waals surface area contributed by atoms with Crippen LogP contribution in [0.5, 0.6) is 0 Å². The van der Waals surface area contributed by atoms with Crippen LogP contribution in [0.4, 0.5) is 5.82 Å². The number of ether oxygens (including phenoxy) is 3. The molecule has 3 atom stereocenters. The number of aryl methyl sites for hydroxylation is 4. The minimum atomic E-state index is -1.10. The van der Waals surface area contributed by atoms with Crippen molar-refractivity contribution in [3.8, 4) is 0 Å². The highest BCUT2D eigenvalue weighted by Crippen LogP contribution is 2.34. The third kappa shape index (κ3) is 8.38. The van der Waals surface area contributed by atoms with Crippen LogP contribution >= 0.6 is 23.2 Å². The molecule has 4 aromatic rings. The molecule has 0 radical (unpaired) electrons. The maximum atomic E-state index is 13.0. The summed E-state index contributed by atoms with van der Waals surface area (Å²) in [5, 5.41) is 29.6. The van der Waals surface area contributed by atoms with Crippen molar-refractivity contribution < 1.29 is 33.7 Å². The van der Waals surface area contributed by atoms with Gasteiger partial charge in [0, 0.05) is 35.1 Å². The van der Waals surface area contributed by atoms with Crippen LogP contribution < -0.4 is 10.2 Å². The zero-order chi connectivity index (χ0) is 35.4. The Labute approximate surface area is 296 Å². The van der Waals surface area contributed by atoms with Crippen LogP contribution in [0.2, 0.25) is 10.0 Å². The molecule has 0 bridgehead atoms. The van der Waals surface area contributed by atoms with E-state index in [2.05, 4.69) is 36.7 Å². The highest BCUT2D eigenvalue weighted by Gasteiger charge is 2.41. The van der Waals surface area contributed by atoms with Crippen molar-refractivity contribution in [2.45, 2.75) is 70.2 Å². The number of benzene rings is 1. The molecular formula is C32H35Cl2N9O7. The fourth-order valence-electron chi connectivity index (χ4n) is 5.88. The lowest BCUT2D eigenvalue weighted by molar-refractivity contribution is -0.160. The SMILES string of the molecule is COC(=O)c1cnn(CCC2(C)OCC(N3CCCc4ccc(CCn5ncc(C(=O)N[C@@H](CC(=O)O)c6cc(Cl)cc(Cl)c6)n5)nc43)O2)n1. The molecule has 2 unspecified atom stereocenters. The van der Waals surface area contributed by atoms with Crippen LogP contribution in [0.3, 0.4) is 0 Å². The van der Waals surface area contributed by atoms with Crippen LogP contribution in [-0.4, -0.2) is 90.2 Å². The molecule has 50 heavy (non-hydrogen) atoms. The largest absolute Gasteiger partial charge is 0.481 e. The van der Waals surface area contributed by atoms with Gasteiger partial charge in [-0.2, -0.15) is 19.8 Å². The molecule has 6 rings (SSSR count). The van der Waals surface area contributed by atoms with E-state index in [0.717, 1.165) is 36.5 Å². The summed E-state index contributed by atoms with van der Waals surface area (Å²) in [5.74, 6) is -2.29. The summed E-state index contributed by atoms with van der Waals surface area (Å²) < 4.78 is 17.2. The number of halogens is 2. The standard InChI is InChI=1S/C32H35Cl2N9O7/c1-32(8-11-43-36-17-26(40-43)31(47)48-2)49-18-27(50-32)41-9-3-4-19-5-6-23(37-29(19)41)7-10-42-35-16-25(39-42)30(46)38-24(15-28(44)45)20-12-21(33)14-22(34)13-20/h5-6,12-14,16-17,24,27H,3-4,7-11,15,18H2,1-2H3,(H,38,46)(H,44,45)/t24-,27?,32?/m0/s1. The van der Waals surface area contributed by atoms with Gasteiger partial charge < -0.3 is 29.5 Å². The summed E-state index contributed by atoms with van der Waals surface area (Å²) in [6.07, 6.45) is 4.74. The third-order valence-electron chi connectivity index (χ3n) is 8.40. The second-order valence-electron chi connectivity index (χ2n) is 12.1. The molecule has 18 heteroatoms. The molecule has 2 N–H and O–H groups in total. The predicted molar refractivity (Wildman–Crippen MR) is 178 cm³/mol. The fraction of sp³-hybridized carbons (Fsp3) is 0.438. The van der Waals surface area contributed by atoms with Gasteiger partial charge in [0.15, 0.2) is 23.4 Å². The smallest absolute Gasteiger partial charge is 0.360 e. The first-order valence-corrected chi connectivity index (χ1v) is 16.7. The number of aliphatic carboxylic acids is 1. The summed E-state index contributed by atoms with van der Waals surface area (Å²) in [6.45, 7) is 3.70. The maximum Gasteiger partial charge on any atom is 0.360 e. The Morgan fingerprint density at radius 1 is 1.08 bits per heavy atom. The van der Waals surface area contributed by atoms with Gasteiger partial charge in [0.2, 0.25) is 0 Å². The van der Waals surface area contributed by atoms with Gasteiger partial charge in [-0.1, -0.05) is 29.3 Å². The number of amides is 1. The Kier molecular flexibility index (Phi) is 10.6. The number of carboxylic acids is 1. The zero-order valence-corrected chi connectivity index (χ0v) is 28.8. The Hall–Kier alpha value is -4.64. The van der Waals surface area contributed by atoms with Crippen LogP contribution in [-0.2, 0) is 44.9 Å². The lowest BCUT2D eigenvalue weighted by Crippen LogP contribution is -2.42. The normalized spacial score (nSPS) is 19.2. The Bertz CT molecular complexity index is 1870. The number of carbonyl (C=O) groups excluding carboxylic acids is 2. The first-order valence-electron chi connectivity index (χ1n) is 15.9. The van der Waals surface area contributed by atoms with Gasteiger partial charge in [-0.05, 0) is 55.2 Å². The van der Waals surface area contributed by atoms with E-state index in [1.807, 2.05) is 13.0 Å². The number of hydrogen-bond donors (Lipinski definition) is 2. The molecule has 1 saturated heterocycles. The van der Waals surface area contributed by atoms with E-state index in [9.17, 15) is 19.5 Å². The van der Waals surface area contributed by atoms with E-state index in [4.69, 9.17) is 42.4 Å². The Balaban J connectivity index is 1.06. The van der Waals surface area contributed by atoms with E-state index >= 15 is 0 Å². The van der Waals surface area contributed by atoms with E-state index in [-0.39, 0.29) is 24.0 Å². The van der Waals surface area contributed by atoms with E-state index in [1.54, 1.807) is 12.1 Å². The summed E-state index contributed by atoms with van der Waals surface area (Å²) >= 11 is 12.2. The summed E-state index contributed by atoms with van der Waals surface area (Å²) in [4.78, 5) is 46.2. The predicted octanol–water partition coefficient (Wildman–Crippen LogP) is 3.48. The van der Waals surface area contributed by atoms with Crippen molar-refractivity contribution in [2.75, 3.05) is 25.2 Å². The van der Waals surface area contributed by atoms with Crippen molar-refractivity contribution in [2.24, 2.45) is 0 Å². The quantitative estimate of drug-likeness (QED) is 0.191. The summed E-state index contributed by atoms with van der Waals surface area (Å²) in [5.41, 5.74) is 2.55.